The largest absolute Gasteiger partial charge is 0.360 e. The van der Waals surface area contributed by atoms with Crippen LogP contribution >= 0.6 is 15.9 Å². The van der Waals surface area contributed by atoms with Crippen molar-refractivity contribution < 1.29 is 0 Å². The number of aromatic nitrogens is 6. The Kier molecular flexibility index (Phi) is 7.05. The second-order valence-electron chi connectivity index (χ2n) is 8.80. The molecule has 1 N–H and O–H groups in total. The van der Waals surface area contributed by atoms with E-state index in [1.165, 1.54) is 26.9 Å². The zero-order valence-electron chi connectivity index (χ0n) is 20.8. The minimum atomic E-state index is 0.885. The van der Waals surface area contributed by atoms with Crippen molar-refractivity contribution in [2.45, 2.75) is 0 Å². The van der Waals surface area contributed by atoms with Crippen LogP contribution in [0, 0.1) is 0 Å². The van der Waals surface area contributed by atoms with Gasteiger partial charge < -0.3 is 4.98 Å². The second kappa shape index (κ2) is 11.2. The van der Waals surface area contributed by atoms with Gasteiger partial charge in [0.25, 0.3) is 0 Å². The second-order valence-corrected chi connectivity index (χ2v) is 9.62. The van der Waals surface area contributed by atoms with Crippen molar-refractivity contribution in [3.8, 4) is 5.82 Å². The van der Waals surface area contributed by atoms with Gasteiger partial charge in [0.05, 0.1) is 23.4 Å². The smallest absolute Gasteiger partial charge is 0.137 e. The fourth-order valence-electron chi connectivity index (χ4n) is 4.33. The SMILES string of the molecule is Brc1cc2ccccc2cn1.c1cc2cc[nH]c2cn1.c1ccc2cc(-n3ccc4ccncc43)ncc2c1. The number of pyridine rings is 4. The summed E-state index contributed by atoms with van der Waals surface area (Å²) in [6.45, 7) is 0. The highest BCUT2D eigenvalue weighted by molar-refractivity contribution is 9.10. The first-order chi connectivity index (χ1) is 19.2. The van der Waals surface area contributed by atoms with Gasteiger partial charge in [0, 0.05) is 58.7 Å². The lowest BCUT2D eigenvalue weighted by Crippen LogP contribution is -1.95. The van der Waals surface area contributed by atoms with Crippen LogP contribution in [-0.4, -0.2) is 29.5 Å². The molecule has 0 saturated carbocycles. The summed E-state index contributed by atoms with van der Waals surface area (Å²) in [7, 11) is 0. The van der Waals surface area contributed by atoms with Crippen molar-refractivity contribution >= 4 is 59.3 Å². The number of halogens is 1. The third kappa shape index (κ3) is 5.54. The first kappa shape index (κ1) is 24.5. The standard InChI is InChI=1S/C16H11N3.C9H6BrN.C7H6N2/c1-2-4-14-10-18-16(9-13(14)3-1)19-8-6-12-5-7-17-11-15(12)19;10-9-5-7-3-1-2-4-8(7)6-11-9;1-3-8-5-7-6(1)2-4-9-7/h1-11H;1-6H;1-5,9H. The highest BCUT2D eigenvalue weighted by Crippen LogP contribution is 2.21. The van der Waals surface area contributed by atoms with E-state index in [0.29, 0.717) is 0 Å². The van der Waals surface area contributed by atoms with E-state index < -0.39 is 0 Å². The van der Waals surface area contributed by atoms with Crippen molar-refractivity contribution in [2.24, 2.45) is 0 Å². The first-order valence-corrected chi connectivity index (χ1v) is 13.2. The lowest BCUT2D eigenvalue weighted by Gasteiger charge is -2.05. The van der Waals surface area contributed by atoms with E-state index in [4.69, 9.17) is 0 Å². The van der Waals surface area contributed by atoms with Crippen molar-refractivity contribution in [3.05, 3.63) is 139 Å². The van der Waals surface area contributed by atoms with Crippen LogP contribution in [0.5, 0.6) is 0 Å². The number of benzene rings is 2. The molecule has 0 spiro atoms. The molecule has 0 fully saturated rings. The summed E-state index contributed by atoms with van der Waals surface area (Å²) < 4.78 is 2.95. The van der Waals surface area contributed by atoms with Gasteiger partial charge in [0.1, 0.15) is 10.4 Å². The van der Waals surface area contributed by atoms with Gasteiger partial charge in [-0.25, -0.2) is 9.97 Å². The van der Waals surface area contributed by atoms with Crippen LogP contribution < -0.4 is 0 Å². The highest BCUT2D eigenvalue weighted by atomic mass is 79.9. The Morgan fingerprint density at radius 1 is 0.590 bits per heavy atom. The summed E-state index contributed by atoms with van der Waals surface area (Å²) in [6, 6.07) is 28.6. The van der Waals surface area contributed by atoms with E-state index in [0.717, 1.165) is 26.8 Å². The predicted octanol–water partition coefficient (Wildman–Crippen LogP) is 8.13. The van der Waals surface area contributed by atoms with Crippen molar-refractivity contribution in [1.82, 2.24) is 29.5 Å². The number of aromatic amines is 1. The molecule has 0 aliphatic heterocycles. The zero-order valence-corrected chi connectivity index (χ0v) is 22.4. The minimum Gasteiger partial charge on any atom is -0.360 e. The molecule has 39 heavy (non-hydrogen) atoms. The molecule has 6 heterocycles. The topological polar surface area (TPSA) is 72.3 Å². The van der Waals surface area contributed by atoms with Gasteiger partial charge in [0.15, 0.2) is 0 Å². The summed E-state index contributed by atoms with van der Waals surface area (Å²) >= 11 is 3.32. The van der Waals surface area contributed by atoms with Gasteiger partial charge in [-0.05, 0) is 63.1 Å². The van der Waals surface area contributed by atoms with Crippen LogP contribution in [0.4, 0.5) is 0 Å². The van der Waals surface area contributed by atoms with E-state index in [9.17, 15) is 0 Å². The molecule has 188 valence electrons. The fraction of sp³-hybridized carbons (Fsp3) is 0. The minimum absolute atomic E-state index is 0.885. The van der Waals surface area contributed by atoms with E-state index >= 15 is 0 Å². The van der Waals surface area contributed by atoms with E-state index in [1.807, 2.05) is 85.7 Å². The Balaban J connectivity index is 0.000000117. The summed E-state index contributed by atoms with van der Waals surface area (Å²) in [5, 5.41) is 7.12. The van der Waals surface area contributed by atoms with Gasteiger partial charge in [-0.1, -0.05) is 48.5 Å². The summed E-state index contributed by atoms with van der Waals surface area (Å²) in [5.41, 5.74) is 2.17. The maximum absolute atomic E-state index is 4.53. The van der Waals surface area contributed by atoms with E-state index in [1.54, 1.807) is 12.4 Å². The van der Waals surface area contributed by atoms with Gasteiger partial charge in [-0.2, -0.15) is 0 Å². The molecule has 0 bridgehead atoms. The molecule has 0 unspecified atom stereocenters. The van der Waals surface area contributed by atoms with Crippen LogP contribution in [0.15, 0.2) is 139 Å². The molecule has 7 heteroatoms. The monoisotopic (exact) mass is 570 g/mol. The Hall–Kier alpha value is -4.88. The third-order valence-electron chi connectivity index (χ3n) is 6.31. The quantitative estimate of drug-likeness (QED) is 0.202. The summed E-state index contributed by atoms with van der Waals surface area (Å²) in [6.07, 6.45) is 15.0. The highest BCUT2D eigenvalue weighted by Gasteiger charge is 2.04. The molecule has 6 aromatic heterocycles. The Bertz CT molecular complexity index is 1980. The van der Waals surface area contributed by atoms with Crippen LogP contribution in [0.25, 0.3) is 49.2 Å². The van der Waals surface area contributed by atoms with Crippen molar-refractivity contribution in [1.29, 1.82) is 0 Å². The van der Waals surface area contributed by atoms with Gasteiger partial charge in [-0.15, -0.1) is 0 Å². The molecule has 0 amide bonds. The molecule has 8 rings (SSSR count). The number of nitrogens with zero attached hydrogens (tertiary/aromatic N) is 5. The first-order valence-electron chi connectivity index (χ1n) is 12.4. The van der Waals surface area contributed by atoms with E-state index in [-0.39, 0.29) is 0 Å². The van der Waals surface area contributed by atoms with Gasteiger partial charge >= 0.3 is 0 Å². The fourth-order valence-corrected chi connectivity index (χ4v) is 4.68. The molecule has 0 atom stereocenters. The predicted molar refractivity (Wildman–Crippen MR) is 162 cm³/mol. The average molecular weight is 571 g/mol. The lowest BCUT2D eigenvalue weighted by molar-refractivity contribution is 1.05. The number of H-pyrrole nitrogens is 1. The van der Waals surface area contributed by atoms with Gasteiger partial charge in [0.2, 0.25) is 0 Å². The molecule has 0 saturated heterocycles. The average Bonchev–Trinajstić information content (AvgIpc) is 3.65. The Labute approximate surface area is 233 Å². The van der Waals surface area contributed by atoms with Crippen LogP contribution in [0.1, 0.15) is 0 Å². The molecule has 8 aromatic rings. The van der Waals surface area contributed by atoms with Crippen molar-refractivity contribution in [2.75, 3.05) is 0 Å². The number of rotatable bonds is 1. The summed E-state index contributed by atoms with van der Waals surface area (Å²) in [4.78, 5) is 19.9. The number of fused-ring (bicyclic) bond motifs is 4. The maximum Gasteiger partial charge on any atom is 0.137 e. The molecule has 0 aliphatic carbocycles. The molecular weight excluding hydrogens is 548 g/mol. The molecular formula is C32H23BrN6. The summed E-state index contributed by atoms with van der Waals surface area (Å²) in [5.74, 6) is 0.918. The number of hydrogen-bond donors (Lipinski definition) is 1. The maximum atomic E-state index is 4.53. The Morgan fingerprint density at radius 3 is 2.03 bits per heavy atom. The number of hydrogen-bond acceptors (Lipinski definition) is 4. The normalized spacial score (nSPS) is 10.7. The Morgan fingerprint density at radius 2 is 1.26 bits per heavy atom. The van der Waals surface area contributed by atoms with E-state index in [2.05, 4.69) is 81.8 Å². The van der Waals surface area contributed by atoms with Crippen molar-refractivity contribution in [3.63, 3.8) is 0 Å². The van der Waals surface area contributed by atoms with Gasteiger partial charge in [-0.3, -0.25) is 14.5 Å². The number of nitrogens with one attached hydrogen (secondary N) is 1. The molecule has 0 aliphatic rings. The van der Waals surface area contributed by atoms with Crippen LogP contribution in [-0.2, 0) is 0 Å². The molecule has 0 radical (unpaired) electrons. The molecule has 2 aromatic carbocycles. The lowest BCUT2D eigenvalue weighted by atomic mass is 10.2. The van der Waals surface area contributed by atoms with Crippen LogP contribution in [0.3, 0.4) is 0 Å². The zero-order chi connectivity index (χ0) is 26.4. The third-order valence-corrected chi connectivity index (χ3v) is 6.75. The molecule has 6 nitrogen and oxygen atoms in total. The van der Waals surface area contributed by atoms with Crippen LogP contribution in [0.2, 0.25) is 0 Å².